The van der Waals surface area contributed by atoms with Gasteiger partial charge in [-0.05, 0) is 0 Å². The summed E-state index contributed by atoms with van der Waals surface area (Å²) in [6, 6.07) is 0. The van der Waals surface area contributed by atoms with Crippen LogP contribution >= 0.6 is 34.8 Å². The van der Waals surface area contributed by atoms with E-state index in [2.05, 4.69) is 0 Å². The highest BCUT2D eigenvalue weighted by molar-refractivity contribution is 6.76. The molecule has 0 aromatic rings. The summed E-state index contributed by atoms with van der Waals surface area (Å²) in [7, 11) is 0. The number of hydrogen-bond donors (Lipinski definition) is 1. The molecule has 0 aromatic heterocycles. The summed E-state index contributed by atoms with van der Waals surface area (Å²) in [6.45, 7) is 1.38. The number of ether oxygens (including phenoxy) is 3. The summed E-state index contributed by atoms with van der Waals surface area (Å²) < 4.78 is 13.3. The van der Waals surface area contributed by atoms with Gasteiger partial charge in [-0.15, -0.1) is 0 Å². The van der Waals surface area contributed by atoms with Crippen LogP contribution < -0.4 is 0 Å². The van der Waals surface area contributed by atoms with Gasteiger partial charge in [0.2, 0.25) is 12.2 Å². The first kappa shape index (κ1) is 15.6. The molecular formula is C10H12Cl3NO4. The second kappa shape index (κ2) is 6.61. The highest BCUT2D eigenvalue weighted by atomic mass is 35.6. The van der Waals surface area contributed by atoms with Crippen LogP contribution in [0.2, 0.25) is 0 Å². The molecule has 0 spiro atoms. The van der Waals surface area contributed by atoms with Gasteiger partial charge < -0.3 is 14.2 Å². The van der Waals surface area contributed by atoms with Crippen LogP contribution in [0.4, 0.5) is 0 Å². The van der Waals surface area contributed by atoms with Crippen LogP contribution in [0, 0.1) is 5.41 Å². The average Bonchev–Trinajstić information content (AvgIpc) is 2.25. The van der Waals surface area contributed by atoms with Gasteiger partial charge in [0.1, 0.15) is 12.7 Å². The van der Waals surface area contributed by atoms with Crippen molar-refractivity contribution >= 4 is 46.7 Å². The Hall–Kier alpha value is -0.490. The lowest BCUT2D eigenvalue weighted by atomic mass is 10.2. The van der Waals surface area contributed by atoms with E-state index in [1.165, 1.54) is 6.92 Å². The van der Waals surface area contributed by atoms with Gasteiger partial charge in [0.25, 0.3) is 3.79 Å². The van der Waals surface area contributed by atoms with Crippen LogP contribution in [-0.4, -0.2) is 34.7 Å². The molecule has 0 aliphatic carbocycles. The third-order valence-corrected chi connectivity index (χ3v) is 2.48. The van der Waals surface area contributed by atoms with Crippen LogP contribution in [0.25, 0.3) is 0 Å². The average molecular weight is 317 g/mol. The van der Waals surface area contributed by atoms with Crippen LogP contribution in [0.15, 0.2) is 12.2 Å². The van der Waals surface area contributed by atoms with Gasteiger partial charge in [-0.1, -0.05) is 47.0 Å². The van der Waals surface area contributed by atoms with Gasteiger partial charge in [0, 0.05) is 13.3 Å². The van der Waals surface area contributed by atoms with Crippen LogP contribution in [0.1, 0.15) is 13.3 Å². The molecule has 1 N–H and O–H groups in total. The van der Waals surface area contributed by atoms with Gasteiger partial charge in [0.05, 0.1) is 0 Å². The zero-order valence-electron chi connectivity index (χ0n) is 9.49. The lowest BCUT2D eigenvalue weighted by Crippen LogP contribution is -2.34. The number of carbonyl (C=O) groups is 1. The highest BCUT2D eigenvalue weighted by Gasteiger charge is 2.32. The van der Waals surface area contributed by atoms with Crippen LogP contribution in [-0.2, 0) is 19.0 Å². The Bertz CT molecular complexity index is 354. The molecule has 102 valence electrons. The fourth-order valence-corrected chi connectivity index (χ4v) is 1.34. The number of nitrogens with one attached hydrogen (secondary N) is 1. The quantitative estimate of drug-likeness (QED) is 0.286. The Morgan fingerprint density at radius 1 is 1.56 bits per heavy atom. The SMILES string of the molecule is CC(=O)OCC1C=CC[C@@H](OC(=N)C(Cl)(Cl)Cl)O1. The predicted molar refractivity (Wildman–Crippen MR) is 68.2 cm³/mol. The highest BCUT2D eigenvalue weighted by Crippen LogP contribution is 2.29. The van der Waals surface area contributed by atoms with Crippen LogP contribution in [0.3, 0.4) is 0 Å². The fourth-order valence-electron chi connectivity index (χ4n) is 1.21. The first-order chi connectivity index (χ1) is 8.29. The molecule has 0 bridgehead atoms. The molecule has 1 aliphatic heterocycles. The lowest BCUT2D eigenvalue weighted by Gasteiger charge is -2.27. The Balaban J connectivity index is 2.44. The second-order valence-corrected chi connectivity index (χ2v) is 5.80. The zero-order valence-corrected chi connectivity index (χ0v) is 11.8. The fraction of sp³-hybridized carbons (Fsp3) is 0.600. The minimum Gasteiger partial charge on any atom is -0.463 e. The first-order valence-corrected chi connectivity index (χ1v) is 6.20. The van der Waals surface area contributed by atoms with E-state index in [1.54, 1.807) is 12.2 Å². The van der Waals surface area contributed by atoms with Gasteiger partial charge >= 0.3 is 5.97 Å². The van der Waals surface area contributed by atoms with E-state index in [1.807, 2.05) is 0 Å². The molecule has 1 aliphatic rings. The molecule has 1 heterocycles. The number of alkyl halides is 3. The molecule has 0 fully saturated rings. The molecule has 8 heteroatoms. The summed E-state index contributed by atoms with van der Waals surface area (Å²) in [5, 5.41) is 7.40. The van der Waals surface area contributed by atoms with Crippen molar-refractivity contribution in [3.8, 4) is 0 Å². The van der Waals surface area contributed by atoms with Crippen molar-refractivity contribution in [3.63, 3.8) is 0 Å². The van der Waals surface area contributed by atoms with Gasteiger partial charge in [-0.3, -0.25) is 10.2 Å². The zero-order chi connectivity index (χ0) is 13.8. The van der Waals surface area contributed by atoms with E-state index in [9.17, 15) is 4.79 Å². The molecule has 0 saturated carbocycles. The van der Waals surface area contributed by atoms with E-state index >= 15 is 0 Å². The molecular weight excluding hydrogens is 304 g/mol. The van der Waals surface area contributed by atoms with Crippen molar-refractivity contribution < 1.29 is 19.0 Å². The Kier molecular flexibility index (Phi) is 5.72. The summed E-state index contributed by atoms with van der Waals surface area (Å²) in [4.78, 5) is 10.7. The summed E-state index contributed by atoms with van der Waals surface area (Å²) in [6.07, 6.45) is 2.77. The van der Waals surface area contributed by atoms with Gasteiger partial charge in [-0.25, -0.2) is 0 Å². The molecule has 1 unspecified atom stereocenters. The van der Waals surface area contributed by atoms with E-state index in [4.69, 9.17) is 54.4 Å². The Labute approximate surface area is 119 Å². The predicted octanol–water partition coefficient (Wildman–Crippen LogP) is 2.58. The normalized spacial score (nSPS) is 23.6. The maximum absolute atomic E-state index is 10.7. The molecule has 1 rings (SSSR count). The first-order valence-electron chi connectivity index (χ1n) is 5.07. The lowest BCUT2D eigenvalue weighted by molar-refractivity contribution is -0.156. The van der Waals surface area contributed by atoms with E-state index in [0.717, 1.165) is 0 Å². The Morgan fingerprint density at radius 2 is 2.22 bits per heavy atom. The number of halogens is 3. The van der Waals surface area contributed by atoms with Crippen molar-refractivity contribution in [2.45, 2.75) is 29.5 Å². The van der Waals surface area contributed by atoms with Crippen molar-refractivity contribution in [3.05, 3.63) is 12.2 Å². The van der Waals surface area contributed by atoms with Crippen molar-refractivity contribution in [1.29, 1.82) is 5.41 Å². The largest absolute Gasteiger partial charge is 0.463 e. The Morgan fingerprint density at radius 3 is 2.78 bits per heavy atom. The maximum Gasteiger partial charge on any atom is 0.302 e. The number of rotatable bonds is 3. The molecule has 0 radical (unpaired) electrons. The van der Waals surface area contributed by atoms with Gasteiger partial charge in [0.15, 0.2) is 0 Å². The minimum absolute atomic E-state index is 0.0762. The van der Waals surface area contributed by atoms with Crippen LogP contribution in [0.5, 0.6) is 0 Å². The molecule has 2 atom stereocenters. The minimum atomic E-state index is -1.92. The van der Waals surface area contributed by atoms with Crippen molar-refractivity contribution in [2.24, 2.45) is 0 Å². The molecule has 0 aromatic carbocycles. The standard InChI is InChI=1S/C10H12Cl3NO4/c1-6(15)16-5-7-3-2-4-8(17-7)18-9(14)10(11,12)13/h2-3,7-8,14H,4-5H2,1H3/t7?,8-/m1/s1. The smallest absolute Gasteiger partial charge is 0.302 e. The summed E-state index contributed by atoms with van der Waals surface area (Å²) >= 11 is 16.4. The number of carbonyl (C=O) groups excluding carboxylic acids is 1. The van der Waals surface area contributed by atoms with E-state index < -0.39 is 28.1 Å². The molecule has 0 saturated heterocycles. The molecule has 5 nitrogen and oxygen atoms in total. The maximum atomic E-state index is 10.7. The third kappa shape index (κ3) is 5.44. The van der Waals surface area contributed by atoms with Gasteiger partial charge in [-0.2, -0.15) is 0 Å². The number of esters is 1. The summed E-state index contributed by atoms with van der Waals surface area (Å²) in [5.74, 6) is -0.914. The van der Waals surface area contributed by atoms with E-state index in [-0.39, 0.29) is 6.61 Å². The molecule has 0 amide bonds. The third-order valence-electron chi connectivity index (χ3n) is 1.96. The van der Waals surface area contributed by atoms with Crippen molar-refractivity contribution in [2.75, 3.05) is 6.61 Å². The second-order valence-electron chi connectivity index (χ2n) is 3.52. The monoisotopic (exact) mass is 315 g/mol. The summed E-state index contributed by atoms with van der Waals surface area (Å²) in [5.41, 5.74) is 0. The topological polar surface area (TPSA) is 68.6 Å². The van der Waals surface area contributed by atoms with E-state index in [0.29, 0.717) is 6.42 Å². The number of hydrogen-bond acceptors (Lipinski definition) is 5. The molecule has 18 heavy (non-hydrogen) atoms. The van der Waals surface area contributed by atoms with Crippen molar-refractivity contribution in [1.82, 2.24) is 0 Å².